The van der Waals surface area contributed by atoms with Crippen LogP contribution < -0.4 is 5.32 Å². The summed E-state index contributed by atoms with van der Waals surface area (Å²) in [5.74, 6) is -0.315. The molecule has 0 unspecified atom stereocenters. The fourth-order valence-corrected chi connectivity index (χ4v) is 2.90. The first-order chi connectivity index (χ1) is 10.4. The number of likely N-dealkylation sites (tertiary alicyclic amines) is 1. The van der Waals surface area contributed by atoms with E-state index in [0.29, 0.717) is 18.7 Å². The fourth-order valence-electron chi connectivity index (χ4n) is 2.90. The number of halogens is 1. The number of rotatable bonds is 5. The van der Waals surface area contributed by atoms with Crippen LogP contribution in [0.25, 0.3) is 0 Å². The van der Waals surface area contributed by atoms with Crippen LogP contribution in [0.3, 0.4) is 0 Å². The van der Waals surface area contributed by atoms with Gasteiger partial charge in [-0.2, -0.15) is 0 Å². The molecule has 2 rings (SSSR count). The van der Waals surface area contributed by atoms with E-state index in [-0.39, 0.29) is 23.7 Å². The van der Waals surface area contributed by atoms with Gasteiger partial charge in [-0.15, -0.1) is 0 Å². The van der Waals surface area contributed by atoms with Gasteiger partial charge < -0.3 is 10.4 Å². The number of hydrogen-bond donors (Lipinski definition) is 2. The molecular weight excluding hydrogens is 283 g/mol. The van der Waals surface area contributed by atoms with Gasteiger partial charge in [0.1, 0.15) is 5.82 Å². The van der Waals surface area contributed by atoms with E-state index in [1.165, 1.54) is 6.07 Å². The molecule has 0 saturated carbocycles. The van der Waals surface area contributed by atoms with Gasteiger partial charge in [-0.25, -0.2) is 4.39 Å². The zero-order chi connectivity index (χ0) is 16.2. The Bertz CT molecular complexity index is 535. The molecule has 0 radical (unpaired) electrons. The molecule has 1 fully saturated rings. The summed E-state index contributed by atoms with van der Waals surface area (Å²) < 4.78 is 13.5. The number of aliphatic hydroxyl groups is 1. The van der Waals surface area contributed by atoms with Gasteiger partial charge in [0.15, 0.2) is 0 Å². The second-order valence-electron chi connectivity index (χ2n) is 6.64. The molecule has 1 amide bonds. The van der Waals surface area contributed by atoms with Crippen molar-refractivity contribution in [1.82, 2.24) is 10.2 Å². The van der Waals surface area contributed by atoms with E-state index in [4.69, 9.17) is 0 Å². The lowest BCUT2D eigenvalue weighted by Crippen LogP contribution is -2.47. The lowest BCUT2D eigenvalue weighted by molar-refractivity contribution is -0.123. The second kappa shape index (κ2) is 7.20. The van der Waals surface area contributed by atoms with Gasteiger partial charge in [-0.1, -0.05) is 19.1 Å². The molecule has 2 N–H and O–H groups in total. The maximum Gasteiger partial charge on any atom is 0.234 e. The Morgan fingerprint density at radius 1 is 1.50 bits per heavy atom. The lowest BCUT2D eigenvalue weighted by atomic mass is 9.83. The molecule has 5 heteroatoms. The van der Waals surface area contributed by atoms with Crippen molar-refractivity contribution >= 4 is 5.91 Å². The van der Waals surface area contributed by atoms with E-state index in [1.54, 1.807) is 13.0 Å². The Kier molecular flexibility index (Phi) is 5.53. The molecule has 1 aliphatic heterocycles. The van der Waals surface area contributed by atoms with Gasteiger partial charge in [0, 0.05) is 25.1 Å². The normalized spacial score (nSPS) is 22.5. The van der Waals surface area contributed by atoms with Crippen molar-refractivity contribution in [3.8, 4) is 0 Å². The van der Waals surface area contributed by atoms with Gasteiger partial charge in [0.05, 0.1) is 6.54 Å². The molecule has 22 heavy (non-hydrogen) atoms. The van der Waals surface area contributed by atoms with Crippen molar-refractivity contribution in [2.45, 2.75) is 33.2 Å². The van der Waals surface area contributed by atoms with Crippen LogP contribution in [-0.4, -0.2) is 42.2 Å². The van der Waals surface area contributed by atoms with Gasteiger partial charge >= 0.3 is 0 Å². The standard InChI is InChI=1S/C17H25FN2O2/c1-13-4-5-14(8-15(13)18)9-19-16(22)10-20-7-3-6-17(2,11-20)12-21/h4-5,8,21H,3,6-7,9-12H2,1-2H3,(H,19,22)/t17-/m0/s1. The SMILES string of the molecule is Cc1ccc(CNC(=O)CN2CCC[C@](C)(CO)C2)cc1F. The molecule has 122 valence electrons. The Morgan fingerprint density at radius 2 is 2.27 bits per heavy atom. The van der Waals surface area contributed by atoms with Crippen molar-refractivity contribution < 1.29 is 14.3 Å². The summed E-state index contributed by atoms with van der Waals surface area (Å²) in [6.45, 7) is 6.18. The van der Waals surface area contributed by atoms with Crippen molar-refractivity contribution in [1.29, 1.82) is 0 Å². The minimum atomic E-state index is -0.249. The lowest BCUT2D eigenvalue weighted by Gasteiger charge is -2.38. The highest BCUT2D eigenvalue weighted by atomic mass is 19.1. The van der Waals surface area contributed by atoms with E-state index in [0.717, 1.165) is 31.5 Å². The van der Waals surface area contributed by atoms with Crippen LogP contribution in [0.5, 0.6) is 0 Å². The van der Waals surface area contributed by atoms with Crippen molar-refractivity contribution in [3.05, 3.63) is 35.1 Å². The van der Waals surface area contributed by atoms with Crippen LogP contribution in [0, 0.1) is 18.2 Å². The molecule has 4 nitrogen and oxygen atoms in total. The van der Waals surface area contributed by atoms with Gasteiger partial charge in [-0.3, -0.25) is 9.69 Å². The number of piperidine rings is 1. The summed E-state index contributed by atoms with van der Waals surface area (Å²) in [6.07, 6.45) is 1.98. The average molecular weight is 308 g/mol. The summed E-state index contributed by atoms with van der Waals surface area (Å²) in [5, 5.41) is 12.3. The van der Waals surface area contributed by atoms with Crippen molar-refractivity contribution in [2.75, 3.05) is 26.2 Å². The van der Waals surface area contributed by atoms with Crippen LogP contribution in [0.4, 0.5) is 4.39 Å². The number of benzene rings is 1. The van der Waals surface area contributed by atoms with Crippen LogP contribution >= 0.6 is 0 Å². The largest absolute Gasteiger partial charge is 0.396 e. The molecule has 1 aromatic rings. The molecule has 1 aliphatic rings. The van der Waals surface area contributed by atoms with E-state index in [9.17, 15) is 14.3 Å². The van der Waals surface area contributed by atoms with Crippen LogP contribution in [0.1, 0.15) is 30.9 Å². The molecule has 1 saturated heterocycles. The first kappa shape index (κ1) is 16.9. The number of carbonyl (C=O) groups excluding carboxylic acids is 1. The van der Waals surface area contributed by atoms with Gasteiger partial charge in [0.25, 0.3) is 0 Å². The minimum Gasteiger partial charge on any atom is -0.396 e. The zero-order valence-electron chi connectivity index (χ0n) is 13.4. The smallest absolute Gasteiger partial charge is 0.234 e. The molecule has 0 aromatic heterocycles. The number of nitrogens with zero attached hydrogens (tertiary/aromatic N) is 1. The molecule has 0 aliphatic carbocycles. The number of aryl methyl sites for hydroxylation is 1. The summed E-state index contributed by atoms with van der Waals surface area (Å²) in [4.78, 5) is 14.1. The van der Waals surface area contributed by atoms with Gasteiger partial charge in [-0.05, 0) is 43.5 Å². The molecule has 1 aromatic carbocycles. The molecule has 1 heterocycles. The summed E-state index contributed by atoms with van der Waals surface area (Å²) >= 11 is 0. The number of nitrogens with one attached hydrogen (secondary N) is 1. The summed E-state index contributed by atoms with van der Waals surface area (Å²) in [5.41, 5.74) is 1.25. The Balaban J connectivity index is 1.81. The fraction of sp³-hybridized carbons (Fsp3) is 0.588. The van der Waals surface area contributed by atoms with E-state index in [1.807, 2.05) is 13.0 Å². The third-order valence-electron chi connectivity index (χ3n) is 4.33. The van der Waals surface area contributed by atoms with E-state index >= 15 is 0 Å². The number of amides is 1. The van der Waals surface area contributed by atoms with Crippen LogP contribution in [0.2, 0.25) is 0 Å². The van der Waals surface area contributed by atoms with Crippen LogP contribution in [0.15, 0.2) is 18.2 Å². The highest BCUT2D eigenvalue weighted by Crippen LogP contribution is 2.28. The highest BCUT2D eigenvalue weighted by molar-refractivity contribution is 5.78. The zero-order valence-corrected chi connectivity index (χ0v) is 13.4. The maximum atomic E-state index is 13.5. The predicted molar refractivity (Wildman–Crippen MR) is 83.9 cm³/mol. The Hall–Kier alpha value is -1.46. The average Bonchev–Trinajstić information content (AvgIpc) is 2.48. The van der Waals surface area contributed by atoms with Crippen LogP contribution in [-0.2, 0) is 11.3 Å². The van der Waals surface area contributed by atoms with Crippen molar-refractivity contribution in [3.63, 3.8) is 0 Å². The summed E-state index contributed by atoms with van der Waals surface area (Å²) in [6, 6.07) is 5.00. The second-order valence-corrected chi connectivity index (χ2v) is 6.64. The number of hydrogen-bond acceptors (Lipinski definition) is 3. The maximum absolute atomic E-state index is 13.5. The molecule has 0 spiro atoms. The third-order valence-corrected chi connectivity index (χ3v) is 4.33. The first-order valence-electron chi connectivity index (χ1n) is 7.77. The van der Waals surface area contributed by atoms with Gasteiger partial charge in [0.2, 0.25) is 5.91 Å². The monoisotopic (exact) mass is 308 g/mol. The minimum absolute atomic E-state index is 0.0665. The number of aliphatic hydroxyl groups excluding tert-OH is 1. The first-order valence-corrected chi connectivity index (χ1v) is 7.77. The van der Waals surface area contributed by atoms with E-state index in [2.05, 4.69) is 10.2 Å². The van der Waals surface area contributed by atoms with Crippen molar-refractivity contribution in [2.24, 2.45) is 5.41 Å². The quantitative estimate of drug-likeness (QED) is 0.873. The highest BCUT2D eigenvalue weighted by Gasteiger charge is 2.30. The molecular formula is C17H25FN2O2. The Labute approximate surface area is 131 Å². The Morgan fingerprint density at radius 3 is 2.95 bits per heavy atom. The predicted octanol–water partition coefficient (Wildman–Crippen LogP) is 1.84. The summed E-state index contributed by atoms with van der Waals surface area (Å²) in [7, 11) is 0. The third kappa shape index (κ3) is 4.52. The van der Waals surface area contributed by atoms with E-state index < -0.39 is 0 Å². The topological polar surface area (TPSA) is 52.6 Å². The molecule has 0 bridgehead atoms. The number of carbonyl (C=O) groups is 1. The molecule has 1 atom stereocenters.